The van der Waals surface area contributed by atoms with Crippen molar-refractivity contribution in [3.05, 3.63) is 10.7 Å². The summed E-state index contributed by atoms with van der Waals surface area (Å²) in [4.78, 5) is 1.28. The van der Waals surface area contributed by atoms with Gasteiger partial charge in [0.2, 0.25) is 0 Å². The molecule has 2 nitrogen and oxygen atoms in total. The van der Waals surface area contributed by atoms with Gasteiger partial charge >= 0.3 is 0 Å². The largest absolute Gasteiger partial charge is 0.374 e. The Labute approximate surface area is 61.1 Å². The summed E-state index contributed by atoms with van der Waals surface area (Å²) < 4.78 is 0. The molecule has 0 heterocycles. The van der Waals surface area contributed by atoms with Gasteiger partial charge in [-0.25, -0.2) is 0 Å². The third-order valence-corrected chi connectivity index (χ3v) is 1.97. The molecular formula is C6H14N2S. The first-order chi connectivity index (χ1) is 4.26. The Bertz CT molecular complexity index is 104. The van der Waals surface area contributed by atoms with E-state index in [1.807, 2.05) is 14.1 Å². The van der Waals surface area contributed by atoms with E-state index in [1.54, 1.807) is 11.8 Å². The fraction of sp³-hybridized carbons (Fsp3) is 0.667. The van der Waals surface area contributed by atoms with Crippen molar-refractivity contribution in [2.45, 2.75) is 6.92 Å². The first-order valence-corrected chi connectivity index (χ1v) is 4.09. The Morgan fingerprint density at radius 1 is 1.22 bits per heavy atom. The minimum atomic E-state index is 1.10. The Kier molecular flexibility index (Phi) is 4.40. The van der Waals surface area contributed by atoms with Crippen molar-refractivity contribution in [3.63, 3.8) is 0 Å². The Hall–Kier alpha value is -0.310. The maximum Gasteiger partial charge on any atom is 0.108 e. The molecule has 0 aromatic carbocycles. The zero-order valence-corrected chi connectivity index (χ0v) is 7.22. The van der Waals surface area contributed by atoms with E-state index in [4.69, 9.17) is 0 Å². The highest BCUT2D eigenvalue weighted by Gasteiger charge is 1.92. The van der Waals surface area contributed by atoms with Crippen LogP contribution in [-0.2, 0) is 0 Å². The SMILES string of the molecule is CNC(NC)=C(C)SC. The molecule has 3 heteroatoms. The van der Waals surface area contributed by atoms with E-state index in [-0.39, 0.29) is 0 Å². The van der Waals surface area contributed by atoms with Crippen LogP contribution < -0.4 is 10.6 Å². The molecule has 0 fully saturated rings. The van der Waals surface area contributed by atoms with Gasteiger partial charge in [0.15, 0.2) is 0 Å². The number of hydrogen-bond acceptors (Lipinski definition) is 3. The summed E-state index contributed by atoms with van der Waals surface area (Å²) >= 11 is 1.74. The second-order valence-electron chi connectivity index (χ2n) is 1.64. The lowest BCUT2D eigenvalue weighted by molar-refractivity contribution is 0.829. The van der Waals surface area contributed by atoms with Crippen LogP contribution in [0.15, 0.2) is 10.7 Å². The molecule has 0 rings (SSSR count). The number of hydrogen-bond donors (Lipinski definition) is 2. The van der Waals surface area contributed by atoms with Crippen molar-refractivity contribution >= 4 is 11.8 Å². The number of rotatable bonds is 3. The lowest BCUT2D eigenvalue weighted by Gasteiger charge is -2.07. The van der Waals surface area contributed by atoms with Crippen molar-refractivity contribution in [1.29, 1.82) is 0 Å². The van der Waals surface area contributed by atoms with Crippen LogP contribution in [0.1, 0.15) is 6.92 Å². The topological polar surface area (TPSA) is 24.1 Å². The van der Waals surface area contributed by atoms with E-state index in [2.05, 4.69) is 23.8 Å². The van der Waals surface area contributed by atoms with E-state index in [9.17, 15) is 0 Å². The predicted octanol–water partition coefficient (Wildman–Crippen LogP) is 0.977. The monoisotopic (exact) mass is 146 g/mol. The smallest absolute Gasteiger partial charge is 0.108 e. The molecule has 0 radical (unpaired) electrons. The molecule has 0 spiro atoms. The van der Waals surface area contributed by atoms with Crippen LogP contribution in [0.5, 0.6) is 0 Å². The Morgan fingerprint density at radius 3 is 1.78 bits per heavy atom. The lowest BCUT2D eigenvalue weighted by Crippen LogP contribution is -2.20. The van der Waals surface area contributed by atoms with Crippen LogP contribution >= 0.6 is 11.8 Å². The standard InChI is InChI=1S/C6H14N2S/c1-5(9-4)6(7-2)8-3/h7-8H,1-4H3. The summed E-state index contributed by atoms with van der Waals surface area (Å²) in [7, 11) is 3.82. The van der Waals surface area contributed by atoms with E-state index < -0.39 is 0 Å². The summed E-state index contributed by atoms with van der Waals surface area (Å²) in [5.41, 5.74) is 0. The maximum atomic E-state index is 3.05. The van der Waals surface area contributed by atoms with Crippen LogP contribution in [-0.4, -0.2) is 20.4 Å². The number of allylic oxidation sites excluding steroid dienone is 1. The second-order valence-corrected chi connectivity index (χ2v) is 2.66. The van der Waals surface area contributed by atoms with Crippen molar-refractivity contribution in [2.24, 2.45) is 0 Å². The van der Waals surface area contributed by atoms with Gasteiger partial charge in [-0.2, -0.15) is 0 Å². The molecule has 0 saturated heterocycles. The quantitative estimate of drug-likeness (QED) is 0.620. The zero-order valence-electron chi connectivity index (χ0n) is 6.41. The van der Waals surface area contributed by atoms with Gasteiger partial charge in [0.05, 0.1) is 0 Å². The van der Waals surface area contributed by atoms with Gasteiger partial charge in [0.1, 0.15) is 5.82 Å². The maximum absolute atomic E-state index is 3.05. The molecule has 0 amide bonds. The molecule has 0 aliphatic rings. The summed E-state index contributed by atoms with van der Waals surface area (Å²) in [5, 5.41) is 6.10. The van der Waals surface area contributed by atoms with Crippen molar-refractivity contribution < 1.29 is 0 Å². The lowest BCUT2D eigenvalue weighted by atomic mass is 10.6. The van der Waals surface area contributed by atoms with Gasteiger partial charge in [0.25, 0.3) is 0 Å². The summed E-state index contributed by atoms with van der Waals surface area (Å²) in [5.74, 6) is 1.10. The molecule has 9 heavy (non-hydrogen) atoms. The van der Waals surface area contributed by atoms with E-state index in [0.29, 0.717) is 0 Å². The number of nitrogens with one attached hydrogen (secondary N) is 2. The minimum absolute atomic E-state index is 1.10. The molecule has 0 aliphatic heterocycles. The molecule has 2 N–H and O–H groups in total. The van der Waals surface area contributed by atoms with Crippen LogP contribution in [0.25, 0.3) is 0 Å². The average Bonchev–Trinajstić information content (AvgIpc) is 1.90. The molecule has 0 aromatic heterocycles. The highest BCUT2D eigenvalue weighted by molar-refractivity contribution is 8.02. The minimum Gasteiger partial charge on any atom is -0.374 e. The van der Waals surface area contributed by atoms with Crippen molar-refractivity contribution in [3.8, 4) is 0 Å². The molecule has 0 aliphatic carbocycles. The molecule has 0 bridgehead atoms. The van der Waals surface area contributed by atoms with E-state index in [1.165, 1.54) is 4.91 Å². The van der Waals surface area contributed by atoms with Crippen LogP contribution in [0.4, 0.5) is 0 Å². The number of thioether (sulfide) groups is 1. The van der Waals surface area contributed by atoms with Gasteiger partial charge in [-0.15, -0.1) is 11.8 Å². The van der Waals surface area contributed by atoms with Gasteiger partial charge in [-0.3, -0.25) is 0 Å². The fourth-order valence-electron chi connectivity index (χ4n) is 0.579. The highest BCUT2D eigenvalue weighted by atomic mass is 32.2. The third kappa shape index (κ3) is 2.65. The first kappa shape index (κ1) is 8.69. The Morgan fingerprint density at radius 2 is 1.67 bits per heavy atom. The molecular weight excluding hydrogens is 132 g/mol. The van der Waals surface area contributed by atoms with E-state index in [0.717, 1.165) is 5.82 Å². The predicted molar refractivity (Wildman–Crippen MR) is 44.3 cm³/mol. The van der Waals surface area contributed by atoms with Gasteiger partial charge in [0, 0.05) is 19.0 Å². The van der Waals surface area contributed by atoms with Crippen LogP contribution in [0.3, 0.4) is 0 Å². The summed E-state index contributed by atoms with van der Waals surface area (Å²) in [6, 6.07) is 0. The Balaban J connectivity index is 4.01. The van der Waals surface area contributed by atoms with Crippen LogP contribution in [0.2, 0.25) is 0 Å². The molecule has 0 aromatic rings. The van der Waals surface area contributed by atoms with Gasteiger partial charge in [-0.05, 0) is 13.2 Å². The van der Waals surface area contributed by atoms with Crippen molar-refractivity contribution in [2.75, 3.05) is 20.4 Å². The first-order valence-electron chi connectivity index (χ1n) is 2.86. The highest BCUT2D eigenvalue weighted by Crippen LogP contribution is 2.10. The molecule has 0 atom stereocenters. The molecule has 0 unspecified atom stereocenters. The van der Waals surface area contributed by atoms with E-state index >= 15 is 0 Å². The van der Waals surface area contributed by atoms with Gasteiger partial charge < -0.3 is 10.6 Å². The zero-order chi connectivity index (χ0) is 7.28. The van der Waals surface area contributed by atoms with Crippen molar-refractivity contribution in [1.82, 2.24) is 10.6 Å². The third-order valence-electron chi connectivity index (χ3n) is 1.16. The summed E-state index contributed by atoms with van der Waals surface area (Å²) in [6.07, 6.45) is 2.06. The van der Waals surface area contributed by atoms with Crippen LogP contribution in [0, 0.1) is 0 Å². The fourth-order valence-corrected chi connectivity index (χ4v) is 0.987. The molecule has 54 valence electrons. The molecule has 0 saturated carbocycles. The summed E-state index contributed by atoms with van der Waals surface area (Å²) in [6.45, 7) is 2.08. The second kappa shape index (κ2) is 4.56. The normalized spacial score (nSPS) is 8.44. The van der Waals surface area contributed by atoms with Gasteiger partial charge in [-0.1, -0.05) is 0 Å². The average molecular weight is 146 g/mol.